The Bertz CT molecular complexity index is 2000. The first-order valence-electron chi connectivity index (χ1n) is 21.6. The third-order valence-electron chi connectivity index (χ3n) is 12.3. The Kier molecular flexibility index (Phi) is 15.4. The van der Waals surface area contributed by atoms with Crippen molar-refractivity contribution in [3.63, 3.8) is 0 Å². The fourth-order valence-electron chi connectivity index (χ4n) is 8.40. The molecule has 0 unspecified atom stereocenters. The van der Waals surface area contributed by atoms with Gasteiger partial charge in [-0.2, -0.15) is 0 Å². The van der Waals surface area contributed by atoms with Gasteiger partial charge in [0.1, 0.15) is 12.1 Å². The van der Waals surface area contributed by atoms with E-state index in [1.54, 1.807) is 11.3 Å². The lowest BCUT2D eigenvalue weighted by Gasteiger charge is -2.35. The molecule has 1 saturated carbocycles. The van der Waals surface area contributed by atoms with Crippen LogP contribution in [0.25, 0.3) is 10.4 Å². The van der Waals surface area contributed by atoms with Crippen molar-refractivity contribution in [2.24, 2.45) is 23.0 Å². The molecular formula is C46H63N7O7S. The molecule has 0 radical (unpaired) electrons. The summed E-state index contributed by atoms with van der Waals surface area (Å²) in [6.45, 7) is 11.0. The first kappa shape index (κ1) is 45.8. The largest absolute Gasteiger partial charge is 0.391 e. The molecule has 6 rings (SSSR count). The smallest absolute Gasteiger partial charge is 0.246 e. The number of hydrogen-bond donors (Lipinski definition) is 6. The zero-order chi connectivity index (χ0) is 43.8. The average Bonchev–Trinajstić information content (AvgIpc) is 3.48. The van der Waals surface area contributed by atoms with Crippen LogP contribution in [0.15, 0.2) is 54.0 Å². The maximum Gasteiger partial charge on any atom is 0.246 e. The molecule has 8 atom stereocenters. The minimum Gasteiger partial charge on any atom is -0.391 e. The molecule has 3 aromatic rings. The minimum absolute atomic E-state index is 0.0147. The van der Waals surface area contributed by atoms with Crippen LogP contribution in [0.2, 0.25) is 0 Å². The molecule has 330 valence electrons. The second-order valence-corrected chi connectivity index (χ2v) is 19.0. The molecule has 1 aliphatic carbocycles. The average molecular weight is 858 g/mol. The number of carbonyl (C=O) groups excluding carboxylic acids is 5. The summed E-state index contributed by atoms with van der Waals surface area (Å²) in [6.07, 6.45) is 2.97. The molecular weight excluding hydrogens is 795 g/mol. The van der Waals surface area contributed by atoms with E-state index in [0.29, 0.717) is 31.3 Å². The molecule has 2 aromatic carbocycles. The summed E-state index contributed by atoms with van der Waals surface area (Å²) in [6, 6.07) is 13.7. The normalized spacial score (nSPS) is 22.2. The topological polar surface area (TPSA) is 205 Å². The lowest BCUT2D eigenvalue weighted by Crippen LogP contribution is -2.57. The Morgan fingerprint density at radius 3 is 2.30 bits per heavy atom. The number of piperidine rings is 1. The molecule has 0 spiro atoms. The number of fused-ring (bicyclic) bond motifs is 1. The van der Waals surface area contributed by atoms with Gasteiger partial charge in [-0.15, -0.1) is 11.3 Å². The number of ether oxygens (including phenoxy) is 1. The molecule has 3 aliphatic rings. The van der Waals surface area contributed by atoms with E-state index in [0.717, 1.165) is 58.6 Å². The predicted molar refractivity (Wildman–Crippen MR) is 234 cm³/mol. The van der Waals surface area contributed by atoms with Crippen molar-refractivity contribution in [2.45, 2.75) is 136 Å². The van der Waals surface area contributed by atoms with E-state index < -0.39 is 29.5 Å². The minimum atomic E-state index is -0.884. The third kappa shape index (κ3) is 12.5. The quantitative estimate of drug-likeness (QED) is 0.0911. The zero-order valence-corrected chi connectivity index (χ0v) is 36.9. The van der Waals surface area contributed by atoms with Gasteiger partial charge in [0.15, 0.2) is 0 Å². The van der Waals surface area contributed by atoms with Gasteiger partial charge in [-0.25, -0.2) is 4.98 Å². The summed E-state index contributed by atoms with van der Waals surface area (Å²) >= 11 is 1.58. The molecule has 2 saturated heterocycles. The van der Waals surface area contributed by atoms with Crippen LogP contribution in [-0.2, 0) is 48.3 Å². The summed E-state index contributed by atoms with van der Waals surface area (Å²) in [5.74, 6) is -0.447. The number of aliphatic hydroxyl groups excluding tert-OH is 1. The Morgan fingerprint density at radius 2 is 1.67 bits per heavy atom. The van der Waals surface area contributed by atoms with Crippen molar-refractivity contribution in [1.29, 1.82) is 0 Å². The maximum atomic E-state index is 14.0. The summed E-state index contributed by atoms with van der Waals surface area (Å²) in [4.78, 5) is 72.1. The van der Waals surface area contributed by atoms with Crippen LogP contribution < -0.4 is 27.0 Å². The Balaban J connectivity index is 0.931. The van der Waals surface area contributed by atoms with Crippen LogP contribution >= 0.6 is 11.3 Å². The van der Waals surface area contributed by atoms with Crippen molar-refractivity contribution in [3.05, 3.63) is 76.4 Å². The van der Waals surface area contributed by atoms with Crippen molar-refractivity contribution in [3.8, 4) is 10.4 Å². The highest BCUT2D eigenvalue weighted by Gasteiger charge is 2.51. The number of primary amides is 1. The summed E-state index contributed by atoms with van der Waals surface area (Å²) < 4.78 is 6.17. The van der Waals surface area contributed by atoms with Crippen LogP contribution in [0, 0.1) is 24.2 Å². The van der Waals surface area contributed by atoms with E-state index >= 15 is 0 Å². The van der Waals surface area contributed by atoms with Crippen LogP contribution in [0.1, 0.15) is 95.0 Å². The lowest BCUT2D eigenvalue weighted by molar-refractivity contribution is -0.144. The Labute approximate surface area is 363 Å². The van der Waals surface area contributed by atoms with Crippen LogP contribution in [0.5, 0.6) is 0 Å². The van der Waals surface area contributed by atoms with Gasteiger partial charge in [0, 0.05) is 32.4 Å². The number of amides is 5. The second kappa shape index (κ2) is 20.4. The number of β-amino-alcohol motifs (C(OH)–C–C–N with tert-alkyl or cyclic N) is 1. The molecule has 5 amide bonds. The second-order valence-electron chi connectivity index (χ2n) is 18.1. The number of carbonyl (C=O) groups is 5. The van der Waals surface area contributed by atoms with Gasteiger partial charge in [-0.3, -0.25) is 24.0 Å². The molecule has 14 nitrogen and oxygen atoms in total. The molecule has 1 aromatic heterocycles. The highest BCUT2D eigenvalue weighted by molar-refractivity contribution is 7.13. The number of hydrogen-bond acceptors (Lipinski definition) is 10. The number of thiazole rings is 1. The highest BCUT2D eigenvalue weighted by atomic mass is 32.1. The summed E-state index contributed by atoms with van der Waals surface area (Å²) in [5.41, 5.74) is 11.6. The van der Waals surface area contributed by atoms with Crippen LogP contribution in [0.3, 0.4) is 0 Å². The standard InChI is InChI=1S/C46H63N7O7S/c1-27-41(61-26-50-27)32-16-14-30(15-17-32)22-49-43(57)37-21-34(54)24-53(37)45(59)42(46(3,4)5)52-39(56)9-7-6-8-29-10-12-31(13-11-29)25-60-28(2)36(18-19-38(47)55)51-44(58)40-35-20-33(35)23-48-40/h10-17,26,28,33-37,40,42,48,54H,6-9,18-25H2,1-5H3,(H2,47,55)(H,49,57)(H,51,58)(H,52,56)/t28-,33-,34-,35-,36+,37+,40+,42-/m1/s1. The van der Waals surface area contributed by atoms with E-state index in [1.807, 2.05) is 88.7 Å². The Morgan fingerprint density at radius 1 is 0.967 bits per heavy atom. The van der Waals surface area contributed by atoms with Gasteiger partial charge in [0.25, 0.3) is 0 Å². The van der Waals surface area contributed by atoms with Crippen molar-refractivity contribution < 1.29 is 33.8 Å². The number of benzene rings is 2. The molecule has 2 aliphatic heterocycles. The number of unbranched alkanes of at least 4 members (excludes halogenated alkanes) is 1. The number of rotatable bonds is 20. The number of aromatic nitrogens is 1. The predicted octanol–water partition coefficient (Wildman–Crippen LogP) is 3.90. The van der Waals surface area contributed by atoms with E-state index in [-0.39, 0.29) is 74.2 Å². The van der Waals surface area contributed by atoms with Gasteiger partial charge in [-0.05, 0) is 92.0 Å². The van der Waals surface area contributed by atoms with E-state index in [9.17, 15) is 29.1 Å². The van der Waals surface area contributed by atoms with Crippen LogP contribution in [-0.4, -0.2) is 94.0 Å². The van der Waals surface area contributed by atoms with Crippen LogP contribution in [0.4, 0.5) is 0 Å². The SMILES string of the molecule is Cc1ncsc1-c1ccc(CNC(=O)[C@@H]2C[C@@H](O)CN2C(=O)[C@@H](NC(=O)CCCCc2ccc(CO[C@H](C)[C@H](CCC(N)=O)NC(=O)[C@H]3NC[C@H]4C[C@H]43)cc2)C(C)(C)C)cc1. The number of aryl methyl sites for hydroxylation is 2. The molecule has 61 heavy (non-hydrogen) atoms. The number of nitrogens with zero attached hydrogens (tertiary/aromatic N) is 2. The highest BCUT2D eigenvalue weighted by Crippen LogP contribution is 2.45. The molecule has 15 heteroatoms. The summed E-state index contributed by atoms with van der Waals surface area (Å²) in [7, 11) is 0. The number of nitrogens with two attached hydrogens (primary N) is 1. The molecule has 0 bridgehead atoms. The summed E-state index contributed by atoms with van der Waals surface area (Å²) in [5, 5.41) is 22.9. The monoisotopic (exact) mass is 857 g/mol. The van der Waals surface area contributed by atoms with Crippen molar-refractivity contribution in [2.75, 3.05) is 13.1 Å². The van der Waals surface area contributed by atoms with E-state index in [1.165, 1.54) is 4.90 Å². The fourth-order valence-corrected chi connectivity index (χ4v) is 9.21. The van der Waals surface area contributed by atoms with E-state index in [4.69, 9.17) is 10.5 Å². The number of nitrogens with one attached hydrogen (secondary N) is 4. The van der Waals surface area contributed by atoms with Gasteiger partial charge in [0.2, 0.25) is 29.5 Å². The first-order chi connectivity index (χ1) is 29.1. The van der Waals surface area contributed by atoms with Gasteiger partial charge >= 0.3 is 0 Å². The van der Waals surface area contributed by atoms with Crippen molar-refractivity contribution >= 4 is 40.9 Å². The number of likely N-dealkylation sites (tertiary alicyclic amines) is 1. The van der Waals surface area contributed by atoms with Crippen molar-refractivity contribution in [1.82, 2.24) is 31.2 Å². The molecule has 3 heterocycles. The Hall–Kier alpha value is -4.70. The zero-order valence-electron chi connectivity index (χ0n) is 36.1. The first-order valence-corrected chi connectivity index (χ1v) is 22.5. The molecule has 7 N–H and O–H groups in total. The third-order valence-corrected chi connectivity index (χ3v) is 13.2. The van der Waals surface area contributed by atoms with Gasteiger partial charge < -0.3 is 41.7 Å². The van der Waals surface area contributed by atoms with E-state index in [2.05, 4.69) is 26.3 Å². The maximum absolute atomic E-state index is 14.0. The fraction of sp³-hybridized carbons (Fsp3) is 0.565. The molecule has 3 fully saturated rings. The lowest BCUT2D eigenvalue weighted by atomic mass is 9.85. The number of aliphatic hydroxyl groups is 1. The van der Waals surface area contributed by atoms with Gasteiger partial charge in [-0.1, -0.05) is 69.3 Å². The van der Waals surface area contributed by atoms with Gasteiger partial charge in [0.05, 0.1) is 47.0 Å².